The molecule has 2 amide bonds. The first-order valence-corrected chi connectivity index (χ1v) is 8.99. The molecule has 0 radical (unpaired) electrons. The largest absolute Gasteiger partial charge is 0.504 e. The number of aromatic hydroxyl groups is 1. The Hall–Kier alpha value is -4.40. The molecule has 3 N–H and O–H groups in total. The second-order valence-corrected chi connectivity index (χ2v) is 6.52. The summed E-state index contributed by atoms with van der Waals surface area (Å²) in [7, 11) is 1.61. The first kappa shape index (κ1) is 18.9. The molecular weight excluding hydrogens is 386 g/mol. The van der Waals surface area contributed by atoms with E-state index < -0.39 is 11.8 Å². The van der Waals surface area contributed by atoms with Crippen molar-refractivity contribution in [3.05, 3.63) is 88.5 Å². The highest BCUT2D eigenvalue weighted by atomic mass is 16.3. The molecule has 0 bridgehead atoms. The fourth-order valence-corrected chi connectivity index (χ4v) is 3.08. The molecule has 0 aliphatic heterocycles. The lowest BCUT2D eigenvalue weighted by Crippen LogP contribution is -2.42. The summed E-state index contributed by atoms with van der Waals surface area (Å²) in [6.45, 7) is 0. The van der Waals surface area contributed by atoms with Gasteiger partial charge in [0.15, 0.2) is 11.4 Å². The Morgan fingerprint density at radius 1 is 0.967 bits per heavy atom. The Kier molecular flexibility index (Phi) is 4.77. The van der Waals surface area contributed by atoms with E-state index >= 15 is 0 Å². The molecule has 0 atom stereocenters. The average Bonchev–Trinajstić information content (AvgIpc) is 3.16. The van der Waals surface area contributed by atoms with Gasteiger partial charge in [0.2, 0.25) is 0 Å². The minimum atomic E-state index is -0.802. The topological polar surface area (TPSA) is 118 Å². The maximum Gasteiger partial charge on any atom is 0.294 e. The quantitative estimate of drug-likeness (QED) is 0.448. The Morgan fingerprint density at radius 2 is 1.63 bits per heavy atom. The molecule has 2 aromatic carbocycles. The molecule has 150 valence electrons. The molecular formula is C21H17N5O4. The third-order valence-electron chi connectivity index (χ3n) is 4.62. The number of rotatable bonds is 3. The normalized spacial score (nSPS) is 10.7. The number of aromatic nitrogens is 3. The average molecular weight is 403 g/mol. The number of carbonyl (C=O) groups excluding carboxylic acids is 2. The maximum absolute atomic E-state index is 12.6. The molecule has 2 heterocycles. The number of fused-ring (bicyclic) bond motifs is 1. The standard InChI is InChI=1S/C21H17N5O4/c1-25-16-10-6-5-9-14(16)15(11-18(25)28)20(29)22-23-21(30)19-17(27)12-26(24-19)13-7-3-2-4-8-13/h2-12,27H,1H3,(H,22,29)(H,23,30). The van der Waals surface area contributed by atoms with E-state index in [4.69, 9.17) is 0 Å². The van der Waals surface area contributed by atoms with Crippen molar-refractivity contribution in [1.29, 1.82) is 0 Å². The molecule has 0 spiro atoms. The van der Waals surface area contributed by atoms with Crippen LogP contribution in [0.3, 0.4) is 0 Å². The SMILES string of the molecule is Cn1c(=O)cc(C(=O)NNC(=O)c2nn(-c3ccccc3)cc2O)c2ccccc21. The van der Waals surface area contributed by atoms with Crippen LogP contribution in [-0.4, -0.2) is 31.3 Å². The van der Waals surface area contributed by atoms with Crippen molar-refractivity contribution in [3.8, 4) is 11.4 Å². The highest BCUT2D eigenvalue weighted by Gasteiger charge is 2.19. The third kappa shape index (κ3) is 3.39. The molecule has 0 aliphatic rings. The smallest absolute Gasteiger partial charge is 0.294 e. The minimum absolute atomic E-state index is 0.119. The van der Waals surface area contributed by atoms with Gasteiger partial charge in [-0.15, -0.1) is 0 Å². The zero-order valence-electron chi connectivity index (χ0n) is 15.9. The number of hydrogen-bond donors (Lipinski definition) is 3. The zero-order valence-corrected chi connectivity index (χ0v) is 15.9. The van der Waals surface area contributed by atoms with Crippen LogP contribution in [0.15, 0.2) is 71.7 Å². The van der Waals surface area contributed by atoms with E-state index in [1.807, 2.05) is 6.07 Å². The molecule has 0 saturated carbocycles. The molecule has 30 heavy (non-hydrogen) atoms. The van der Waals surface area contributed by atoms with E-state index in [1.165, 1.54) is 21.5 Å². The molecule has 0 aliphatic carbocycles. The molecule has 0 saturated heterocycles. The number of aryl methyl sites for hydroxylation is 1. The highest BCUT2D eigenvalue weighted by Crippen LogP contribution is 2.18. The molecule has 9 nitrogen and oxygen atoms in total. The third-order valence-corrected chi connectivity index (χ3v) is 4.62. The number of amides is 2. The number of para-hydroxylation sites is 2. The van der Waals surface area contributed by atoms with Crippen molar-refractivity contribution in [2.24, 2.45) is 7.05 Å². The van der Waals surface area contributed by atoms with Gasteiger partial charge in [0.1, 0.15) is 0 Å². The number of benzene rings is 2. The van der Waals surface area contributed by atoms with Crippen molar-refractivity contribution >= 4 is 22.7 Å². The van der Waals surface area contributed by atoms with Gasteiger partial charge in [-0.3, -0.25) is 25.2 Å². The number of nitrogens with zero attached hydrogens (tertiary/aromatic N) is 3. The van der Waals surface area contributed by atoms with Gasteiger partial charge in [0.05, 0.1) is 23.0 Å². The van der Waals surface area contributed by atoms with Crippen LogP contribution in [0.25, 0.3) is 16.6 Å². The predicted octanol–water partition coefficient (Wildman–Crippen LogP) is 1.50. The van der Waals surface area contributed by atoms with Gasteiger partial charge in [-0.05, 0) is 18.2 Å². The van der Waals surface area contributed by atoms with E-state index in [9.17, 15) is 19.5 Å². The first-order chi connectivity index (χ1) is 14.5. The van der Waals surface area contributed by atoms with Crippen LogP contribution in [0.5, 0.6) is 5.75 Å². The van der Waals surface area contributed by atoms with Gasteiger partial charge in [-0.1, -0.05) is 36.4 Å². The number of nitrogens with one attached hydrogen (secondary N) is 2. The van der Waals surface area contributed by atoms with E-state index in [0.717, 1.165) is 0 Å². The summed E-state index contributed by atoms with van der Waals surface area (Å²) in [4.78, 5) is 37.2. The van der Waals surface area contributed by atoms with Crippen molar-refractivity contribution in [3.63, 3.8) is 0 Å². The Labute approximate surface area is 170 Å². The Balaban J connectivity index is 1.55. The Bertz CT molecular complexity index is 1320. The van der Waals surface area contributed by atoms with Crippen molar-refractivity contribution < 1.29 is 14.7 Å². The molecule has 0 fully saturated rings. The summed E-state index contributed by atoms with van der Waals surface area (Å²) in [6, 6.07) is 17.1. The molecule has 4 aromatic rings. The van der Waals surface area contributed by atoms with Crippen LogP contribution in [0.2, 0.25) is 0 Å². The van der Waals surface area contributed by atoms with Crippen molar-refractivity contribution in [1.82, 2.24) is 25.2 Å². The summed E-state index contributed by atoms with van der Waals surface area (Å²) >= 11 is 0. The van der Waals surface area contributed by atoms with Gasteiger partial charge in [0.25, 0.3) is 17.4 Å². The molecule has 9 heteroatoms. The number of hydrazine groups is 1. The summed E-state index contributed by atoms with van der Waals surface area (Å²) in [5, 5.41) is 14.7. The fraction of sp³-hybridized carbons (Fsp3) is 0.0476. The van der Waals surface area contributed by atoms with Crippen molar-refractivity contribution in [2.45, 2.75) is 0 Å². The van der Waals surface area contributed by atoms with Gasteiger partial charge in [-0.25, -0.2) is 4.68 Å². The minimum Gasteiger partial charge on any atom is -0.504 e. The van der Waals surface area contributed by atoms with Crippen LogP contribution in [0.4, 0.5) is 0 Å². The fourth-order valence-electron chi connectivity index (χ4n) is 3.08. The molecule has 0 unspecified atom stereocenters. The number of hydrogen-bond acceptors (Lipinski definition) is 5. The summed E-state index contributed by atoms with van der Waals surface area (Å²) < 4.78 is 2.78. The van der Waals surface area contributed by atoms with E-state index in [2.05, 4.69) is 16.0 Å². The summed E-state index contributed by atoms with van der Waals surface area (Å²) in [6.07, 6.45) is 1.29. The second kappa shape index (κ2) is 7.55. The van der Waals surface area contributed by atoms with Gasteiger partial charge < -0.3 is 9.67 Å². The first-order valence-electron chi connectivity index (χ1n) is 8.99. The van der Waals surface area contributed by atoms with E-state index in [1.54, 1.807) is 55.6 Å². The lowest BCUT2D eigenvalue weighted by atomic mass is 10.1. The van der Waals surface area contributed by atoms with E-state index in [0.29, 0.717) is 16.6 Å². The van der Waals surface area contributed by atoms with Crippen LogP contribution < -0.4 is 16.4 Å². The zero-order chi connectivity index (χ0) is 21.3. The van der Waals surface area contributed by atoms with E-state index in [-0.39, 0.29) is 22.6 Å². The molecule has 4 rings (SSSR count). The van der Waals surface area contributed by atoms with Gasteiger partial charge in [-0.2, -0.15) is 5.10 Å². The summed E-state index contributed by atoms with van der Waals surface area (Å²) in [5.74, 6) is -1.81. The highest BCUT2D eigenvalue weighted by molar-refractivity contribution is 6.07. The monoisotopic (exact) mass is 403 g/mol. The summed E-state index contributed by atoms with van der Waals surface area (Å²) in [5.41, 5.74) is 5.23. The van der Waals surface area contributed by atoms with Crippen molar-refractivity contribution in [2.75, 3.05) is 0 Å². The Morgan fingerprint density at radius 3 is 2.40 bits per heavy atom. The van der Waals surface area contributed by atoms with Gasteiger partial charge >= 0.3 is 0 Å². The second-order valence-electron chi connectivity index (χ2n) is 6.52. The number of carbonyl (C=O) groups is 2. The van der Waals surface area contributed by atoms with Crippen LogP contribution in [-0.2, 0) is 7.05 Å². The van der Waals surface area contributed by atoms with Crippen LogP contribution in [0, 0.1) is 0 Å². The lowest BCUT2D eigenvalue weighted by Gasteiger charge is -2.11. The molecule has 2 aromatic heterocycles. The van der Waals surface area contributed by atoms with Crippen LogP contribution in [0.1, 0.15) is 20.8 Å². The van der Waals surface area contributed by atoms with Gasteiger partial charge in [0, 0.05) is 18.5 Å². The maximum atomic E-state index is 12.6. The predicted molar refractivity (Wildman–Crippen MR) is 109 cm³/mol. The number of pyridine rings is 1. The lowest BCUT2D eigenvalue weighted by molar-refractivity contribution is 0.0842. The van der Waals surface area contributed by atoms with Crippen LogP contribution >= 0.6 is 0 Å².